The smallest absolute Gasteiger partial charge is 0.270 e. The standard InChI is InChI=1S/C28H19N3O3/c32-27(20-11-5-2-6-12-20)22-14-7-13-21(17-22)26-25(19-9-3-1-4-10-19)29-28(30-26)23-15-8-16-24(18-23)31(33)34/h1-18H,(H,29,30). The number of H-pyrrole nitrogens is 1. The van der Waals surface area contributed by atoms with Crippen LogP contribution in [-0.4, -0.2) is 20.7 Å². The number of imidazole rings is 1. The molecule has 164 valence electrons. The third-order valence-corrected chi connectivity index (χ3v) is 5.53. The van der Waals surface area contributed by atoms with Gasteiger partial charge in [0.15, 0.2) is 5.78 Å². The van der Waals surface area contributed by atoms with Crippen LogP contribution in [0.25, 0.3) is 33.9 Å². The van der Waals surface area contributed by atoms with Gasteiger partial charge in [-0.05, 0) is 6.07 Å². The second kappa shape index (κ2) is 8.96. The van der Waals surface area contributed by atoms with Gasteiger partial charge >= 0.3 is 0 Å². The zero-order valence-corrected chi connectivity index (χ0v) is 18.0. The first-order valence-electron chi connectivity index (χ1n) is 10.7. The zero-order valence-electron chi connectivity index (χ0n) is 18.0. The van der Waals surface area contributed by atoms with Crippen LogP contribution < -0.4 is 0 Å². The molecule has 1 aromatic heterocycles. The van der Waals surface area contributed by atoms with E-state index in [-0.39, 0.29) is 11.5 Å². The molecule has 0 saturated heterocycles. The lowest BCUT2D eigenvalue weighted by atomic mass is 9.99. The lowest BCUT2D eigenvalue weighted by molar-refractivity contribution is -0.384. The van der Waals surface area contributed by atoms with Crippen LogP contribution in [0.4, 0.5) is 5.69 Å². The summed E-state index contributed by atoms with van der Waals surface area (Å²) >= 11 is 0. The molecule has 1 N–H and O–H groups in total. The van der Waals surface area contributed by atoms with Gasteiger partial charge in [-0.2, -0.15) is 0 Å². The van der Waals surface area contributed by atoms with Crippen LogP contribution >= 0.6 is 0 Å². The molecule has 6 nitrogen and oxygen atoms in total. The topological polar surface area (TPSA) is 88.9 Å². The van der Waals surface area contributed by atoms with Gasteiger partial charge < -0.3 is 4.98 Å². The number of carbonyl (C=O) groups excluding carboxylic acids is 1. The van der Waals surface area contributed by atoms with Crippen molar-refractivity contribution in [2.24, 2.45) is 0 Å². The first-order chi connectivity index (χ1) is 16.6. The van der Waals surface area contributed by atoms with Crippen molar-refractivity contribution in [2.45, 2.75) is 0 Å². The second-order valence-corrected chi connectivity index (χ2v) is 7.76. The highest BCUT2D eigenvalue weighted by molar-refractivity contribution is 6.09. The molecular formula is C28H19N3O3. The van der Waals surface area contributed by atoms with Crippen molar-refractivity contribution in [3.8, 4) is 33.9 Å². The minimum Gasteiger partial charge on any atom is -0.337 e. The number of nitrogens with zero attached hydrogens (tertiary/aromatic N) is 2. The molecule has 0 fully saturated rings. The number of hydrogen-bond donors (Lipinski definition) is 1. The molecule has 0 aliphatic rings. The largest absolute Gasteiger partial charge is 0.337 e. The van der Waals surface area contributed by atoms with Crippen LogP contribution in [0.15, 0.2) is 109 Å². The van der Waals surface area contributed by atoms with Gasteiger partial charge in [-0.1, -0.05) is 91.0 Å². The van der Waals surface area contributed by atoms with E-state index in [1.54, 1.807) is 30.3 Å². The average molecular weight is 445 g/mol. The Hall–Kier alpha value is -4.84. The first kappa shape index (κ1) is 21.0. The summed E-state index contributed by atoms with van der Waals surface area (Å²) in [5.74, 6) is 0.440. The van der Waals surface area contributed by atoms with E-state index >= 15 is 0 Å². The maximum Gasteiger partial charge on any atom is 0.270 e. The molecule has 4 aromatic carbocycles. The molecule has 0 saturated carbocycles. The van der Waals surface area contributed by atoms with E-state index in [1.807, 2.05) is 66.7 Å². The van der Waals surface area contributed by atoms with Gasteiger partial charge in [-0.25, -0.2) is 4.98 Å². The van der Waals surface area contributed by atoms with Crippen molar-refractivity contribution in [2.75, 3.05) is 0 Å². The molecule has 0 aliphatic heterocycles. The van der Waals surface area contributed by atoms with Gasteiger partial charge in [0.05, 0.1) is 16.3 Å². The van der Waals surface area contributed by atoms with Gasteiger partial charge in [0, 0.05) is 39.9 Å². The molecular weight excluding hydrogens is 426 g/mol. The molecule has 34 heavy (non-hydrogen) atoms. The summed E-state index contributed by atoms with van der Waals surface area (Å²) in [4.78, 5) is 32.0. The minimum absolute atomic E-state index is 0.00725. The van der Waals surface area contributed by atoms with E-state index in [1.165, 1.54) is 12.1 Å². The third kappa shape index (κ3) is 4.12. The van der Waals surface area contributed by atoms with E-state index in [0.717, 1.165) is 16.8 Å². The number of aromatic nitrogens is 2. The summed E-state index contributed by atoms with van der Waals surface area (Å²) in [6.07, 6.45) is 0. The van der Waals surface area contributed by atoms with Crippen molar-refractivity contribution >= 4 is 11.5 Å². The summed E-state index contributed by atoms with van der Waals surface area (Å²) in [5, 5.41) is 11.3. The van der Waals surface area contributed by atoms with Gasteiger partial charge in [0.25, 0.3) is 5.69 Å². The van der Waals surface area contributed by atoms with Gasteiger partial charge in [0.2, 0.25) is 0 Å². The highest BCUT2D eigenvalue weighted by Crippen LogP contribution is 2.34. The normalized spacial score (nSPS) is 10.7. The van der Waals surface area contributed by atoms with Gasteiger partial charge in [-0.3, -0.25) is 14.9 Å². The molecule has 1 heterocycles. The van der Waals surface area contributed by atoms with Crippen LogP contribution in [0.3, 0.4) is 0 Å². The molecule has 0 bridgehead atoms. The summed E-state index contributed by atoms with van der Waals surface area (Å²) in [5.41, 5.74) is 4.89. The van der Waals surface area contributed by atoms with Crippen molar-refractivity contribution in [3.05, 3.63) is 130 Å². The molecule has 5 aromatic rings. The number of carbonyl (C=O) groups is 1. The number of benzene rings is 4. The maximum absolute atomic E-state index is 13.0. The van der Waals surface area contributed by atoms with Crippen molar-refractivity contribution < 1.29 is 9.72 Å². The fourth-order valence-electron chi connectivity index (χ4n) is 3.86. The average Bonchev–Trinajstić information content (AvgIpc) is 3.35. The van der Waals surface area contributed by atoms with Crippen LogP contribution in [0.1, 0.15) is 15.9 Å². The Bertz CT molecular complexity index is 1490. The number of nitro groups is 1. The second-order valence-electron chi connectivity index (χ2n) is 7.76. The lowest BCUT2D eigenvalue weighted by Gasteiger charge is -2.06. The number of aromatic amines is 1. The monoisotopic (exact) mass is 445 g/mol. The number of non-ortho nitro benzene ring substituents is 1. The molecule has 0 aliphatic carbocycles. The quantitative estimate of drug-likeness (QED) is 0.182. The Labute approximate surface area is 195 Å². The van der Waals surface area contributed by atoms with E-state index < -0.39 is 4.92 Å². The maximum atomic E-state index is 13.0. The Morgan fingerprint density at radius 3 is 2.06 bits per heavy atom. The van der Waals surface area contributed by atoms with Crippen molar-refractivity contribution in [1.29, 1.82) is 0 Å². The predicted octanol–water partition coefficient (Wildman–Crippen LogP) is 6.55. The highest BCUT2D eigenvalue weighted by atomic mass is 16.6. The van der Waals surface area contributed by atoms with Crippen LogP contribution in [-0.2, 0) is 0 Å². The molecule has 0 atom stereocenters. The molecule has 0 radical (unpaired) electrons. The molecule has 0 spiro atoms. The van der Waals surface area contributed by atoms with E-state index in [0.29, 0.717) is 28.2 Å². The number of nitrogens with one attached hydrogen (secondary N) is 1. The molecule has 0 amide bonds. The molecule has 5 rings (SSSR count). The fourth-order valence-corrected chi connectivity index (χ4v) is 3.86. The summed E-state index contributed by atoms with van der Waals surface area (Å²) in [6, 6.07) is 32.6. The number of rotatable bonds is 6. The summed E-state index contributed by atoms with van der Waals surface area (Å²) in [7, 11) is 0. The van der Waals surface area contributed by atoms with E-state index in [4.69, 9.17) is 4.98 Å². The number of ketones is 1. The van der Waals surface area contributed by atoms with E-state index in [2.05, 4.69) is 4.98 Å². The predicted molar refractivity (Wildman–Crippen MR) is 131 cm³/mol. The summed E-state index contributed by atoms with van der Waals surface area (Å²) in [6.45, 7) is 0. The number of hydrogen-bond acceptors (Lipinski definition) is 4. The first-order valence-corrected chi connectivity index (χ1v) is 10.7. The molecule has 0 unspecified atom stereocenters. The van der Waals surface area contributed by atoms with Crippen molar-refractivity contribution in [1.82, 2.24) is 9.97 Å². The molecule has 6 heteroatoms. The fraction of sp³-hybridized carbons (Fsp3) is 0. The lowest BCUT2D eigenvalue weighted by Crippen LogP contribution is -2.01. The Kier molecular flexibility index (Phi) is 5.54. The Balaban J connectivity index is 1.63. The van der Waals surface area contributed by atoms with Gasteiger partial charge in [0.1, 0.15) is 5.82 Å². The van der Waals surface area contributed by atoms with Crippen LogP contribution in [0.2, 0.25) is 0 Å². The number of nitro benzene ring substituents is 1. The summed E-state index contributed by atoms with van der Waals surface area (Å²) < 4.78 is 0. The SMILES string of the molecule is O=C(c1ccccc1)c1cccc(-c2nc(-c3cccc([N+](=O)[O-])c3)[nH]c2-c2ccccc2)c1. The Morgan fingerprint density at radius 2 is 1.32 bits per heavy atom. The van der Waals surface area contributed by atoms with Gasteiger partial charge in [-0.15, -0.1) is 0 Å². The van der Waals surface area contributed by atoms with Crippen LogP contribution in [0.5, 0.6) is 0 Å². The van der Waals surface area contributed by atoms with E-state index in [9.17, 15) is 14.9 Å². The zero-order chi connectivity index (χ0) is 23.5. The van der Waals surface area contributed by atoms with Crippen molar-refractivity contribution in [3.63, 3.8) is 0 Å². The third-order valence-electron chi connectivity index (χ3n) is 5.53. The highest BCUT2D eigenvalue weighted by Gasteiger charge is 2.18. The Morgan fingerprint density at radius 1 is 0.706 bits per heavy atom. The van der Waals surface area contributed by atoms with Crippen LogP contribution in [0, 0.1) is 10.1 Å². The minimum atomic E-state index is -0.426.